The number of rotatable bonds is 23. The molecule has 0 aliphatic carbocycles. The van der Waals surface area contributed by atoms with E-state index in [4.69, 9.17) is 30.9 Å². The summed E-state index contributed by atoms with van der Waals surface area (Å²) in [6.07, 6.45) is 19.8. The van der Waals surface area contributed by atoms with E-state index >= 15 is 0 Å². The second kappa shape index (κ2) is 35.0. The van der Waals surface area contributed by atoms with Gasteiger partial charge in [0.25, 0.3) is 0 Å². The Morgan fingerprint density at radius 1 is 0.651 bits per heavy atom. The number of halogens is 1. The van der Waals surface area contributed by atoms with Crippen LogP contribution in [0.5, 0.6) is 0 Å². The Morgan fingerprint density at radius 3 is 1.49 bits per heavy atom. The van der Waals surface area contributed by atoms with Gasteiger partial charge in [0.2, 0.25) is 5.91 Å². The number of hydrogen-bond donors (Lipinski definition) is 4. The van der Waals surface area contributed by atoms with Crippen molar-refractivity contribution in [2.45, 2.75) is 182 Å². The SMILES string of the molecule is CC(C)C[C@@H](N)B1OC(C)(C)C(C)(C)O1.CC(C)C[C@H](NC(=O)[C@@H](CC(=O)CCc1cnccn1)Cc1ccccc1)B1OC(C)(C)C(C)(C)O1.Cl.O=C(CCc1cnccn1)C[C@@H](Cc1ccccc1)C(=O)O.On1nnc2ccccc21.[2H]C#C. The minimum Gasteiger partial charge on any atom is -0.481 e. The number of terminal acetylenes is 1. The summed E-state index contributed by atoms with van der Waals surface area (Å²) < 4.78 is 30.1. The van der Waals surface area contributed by atoms with Crippen molar-refractivity contribution in [3.63, 3.8) is 0 Å². The minimum absolute atomic E-state index is 0. The maximum Gasteiger partial charge on any atom is 0.481 e. The predicted molar refractivity (Wildman–Crippen MR) is 338 cm³/mol. The summed E-state index contributed by atoms with van der Waals surface area (Å²) in [6.45, 7) is 24.8. The number of Topliss-reactive ketones (excluding diaryl/α,β-unsaturated/α-hetero) is 2. The standard InChI is InChI=1S/C28H40BN3O4.C17H18N2O3.C11H24BNO2.C6H5N3O.C2H2.ClH/c1-20(2)16-25(29-35-27(3,4)28(5,6)36-29)32-26(34)22(17-21-10-8-7-9-11-21)18-24(33)13-12-23-19-30-14-15-31-23;20-16(7-6-15-12-18-8-9-19-15)11-14(17(21)22)10-13-4-2-1-3-5-13;1-8(2)7-9(13)12-14-10(3,4)11(5,6)15-12;10-9-6-4-2-1-3-5(6)7-8-9;1-2;/h7-11,14-15,19-20,22,25H,12-13,16-18H2,1-6H3,(H,32,34);1-5,8-9,12,14H,6-7,10-11H2,(H,21,22);8-9H,7,13H2,1-6H3;1-4,10H;1-2H;1H/t22-,25+;14-;9-;;;/m111.../s1/i;;;;1D;. The van der Waals surface area contributed by atoms with Crippen molar-refractivity contribution in [1.29, 1.82) is 0 Å². The van der Waals surface area contributed by atoms with Crippen LogP contribution >= 0.6 is 12.4 Å². The van der Waals surface area contributed by atoms with E-state index in [9.17, 15) is 24.3 Å². The van der Waals surface area contributed by atoms with Crippen molar-refractivity contribution in [3.05, 3.63) is 145 Å². The van der Waals surface area contributed by atoms with E-state index in [1.54, 1.807) is 49.3 Å². The van der Waals surface area contributed by atoms with Crippen LogP contribution in [0.1, 0.15) is 145 Å². The molecule has 5 heterocycles. The molecule has 3 aromatic carbocycles. The summed E-state index contributed by atoms with van der Waals surface area (Å²) in [4.78, 5) is 67.0. The highest BCUT2D eigenvalue weighted by Crippen LogP contribution is 2.39. The number of nitrogens with zero attached hydrogens (tertiary/aromatic N) is 7. The Bertz CT molecular complexity index is 3020. The van der Waals surface area contributed by atoms with Crippen LogP contribution in [0.3, 0.4) is 0 Å². The second-order valence-corrected chi connectivity index (χ2v) is 24.2. The molecule has 2 fully saturated rings. The molecule has 19 nitrogen and oxygen atoms in total. The van der Waals surface area contributed by atoms with Crippen LogP contribution in [-0.2, 0) is 63.5 Å². The maximum atomic E-state index is 13.6. The molecule has 5 N–H and O–H groups in total. The first-order valence-corrected chi connectivity index (χ1v) is 29.0. The van der Waals surface area contributed by atoms with E-state index in [-0.39, 0.29) is 79.3 Å². The number of para-hydroxylation sites is 1. The Balaban J connectivity index is 0.000000328. The number of aryl methyl sites for hydroxylation is 2. The number of amides is 1. The first-order valence-electron chi connectivity index (χ1n) is 29.5. The fraction of sp³-hybridized carbons (Fsp3) is 0.500. The highest BCUT2D eigenvalue weighted by Gasteiger charge is 2.55. The number of benzene rings is 3. The zero-order valence-corrected chi connectivity index (χ0v) is 52.9. The van der Waals surface area contributed by atoms with Crippen molar-refractivity contribution in [2.24, 2.45) is 29.4 Å². The fourth-order valence-corrected chi connectivity index (χ4v) is 9.18. The normalized spacial score (nSPS) is 16.5. The van der Waals surface area contributed by atoms with Crippen LogP contribution < -0.4 is 11.1 Å². The van der Waals surface area contributed by atoms with Gasteiger partial charge in [-0.3, -0.25) is 39.1 Å². The lowest BCUT2D eigenvalue weighted by atomic mass is 9.73. The van der Waals surface area contributed by atoms with Crippen molar-refractivity contribution >= 4 is 61.1 Å². The zero-order valence-electron chi connectivity index (χ0n) is 53.1. The van der Waals surface area contributed by atoms with Crippen molar-refractivity contribution in [3.8, 4) is 12.8 Å². The minimum atomic E-state index is -0.934. The number of carboxylic acids is 1. The molecule has 2 saturated heterocycles. The first-order chi connectivity index (χ1) is 40.6. The van der Waals surface area contributed by atoms with Crippen LogP contribution in [0.25, 0.3) is 11.0 Å². The van der Waals surface area contributed by atoms with Gasteiger partial charge in [-0.2, -0.15) is 0 Å². The number of carbonyl (C=O) groups is 4. The lowest BCUT2D eigenvalue weighted by Gasteiger charge is -2.32. The smallest absolute Gasteiger partial charge is 0.481 e. The zero-order chi connectivity index (χ0) is 63.7. The predicted octanol–water partition coefficient (Wildman–Crippen LogP) is 10.0. The maximum absolute atomic E-state index is 13.6. The molecule has 0 bridgehead atoms. The van der Waals surface area contributed by atoms with E-state index < -0.39 is 36.1 Å². The van der Waals surface area contributed by atoms with Gasteiger partial charge in [-0.1, -0.05) is 105 Å². The molecule has 2 aliphatic heterocycles. The van der Waals surface area contributed by atoms with Crippen LogP contribution in [0.2, 0.25) is 0 Å². The number of fused-ring (bicyclic) bond motifs is 1. The van der Waals surface area contributed by atoms with E-state index in [1.807, 2.05) is 100 Å². The van der Waals surface area contributed by atoms with Gasteiger partial charge >= 0.3 is 20.2 Å². The Labute approximate surface area is 517 Å². The molecule has 0 unspecified atom stereocenters. The van der Waals surface area contributed by atoms with Gasteiger partial charge in [-0.25, -0.2) is 0 Å². The summed E-state index contributed by atoms with van der Waals surface area (Å²) >= 11 is 0. The van der Waals surface area contributed by atoms with E-state index in [0.717, 1.165) is 33.8 Å². The van der Waals surface area contributed by atoms with E-state index in [1.165, 1.54) is 6.40 Å². The summed E-state index contributed by atoms with van der Waals surface area (Å²) in [5.41, 5.74) is 9.34. The molecule has 0 saturated carbocycles. The number of ketones is 2. The number of nitrogens with two attached hydrogens (primary N) is 1. The number of hydrogen-bond acceptors (Lipinski definition) is 16. The van der Waals surface area contributed by atoms with Gasteiger partial charge in [-0.05, 0) is 134 Å². The van der Waals surface area contributed by atoms with Crippen molar-refractivity contribution in [2.75, 3.05) is 0 Å². The molecule has 22 heteroatoms. The number of nitrogens with one attached hydrogen (secondary N) is 1. The molecule has 464 valence electrons. The van der Waals surface area contributed by atoms with Gasteiger partial charge in [0, 0.05) is 74.7 Å². The molecule has 1 amide bonds. The van der Waals surface area contributed by atoms with Crippen LogP contribution in [0.15, 0.2) is 122 Å². The van der Waals surface area contributed by atoms with Crippen LogP contribution in [-0.4, -0.2) is 117 Å². The van der Waals surface area contributed by atoms with Crippen LogP contribution in [0, 0.1) is 36.5 Å². The first kappa shape index (κ1) is 71.6. The third kappa shape index (κ3) is 23.7. The quantitative estimate of drug-likeness (QED) is 0.0264. The fourth-order valence-electron chi connectivity index (χ4n) is 9.18. The summed E-state index contributed by atoms with van der Waals surface area (Å²) in [5.74, 6) is -1.73. The summed E-state index contributed by atoms with van der Waals surface area (Å²) in [5, 5.41) is 28.5. The number of aliphatic carboxylic acids is 1. The molecule has 0 radical (unpaired) electrons. The molecule has 3 aromatic heterocycles. The van der Waals surface area contributed by atoms with Crippen LogP contribution in [0.4, 0.5) is 0 Å². The van der Waals surface area contributed by atoms with Gasteiger partial charge in [-0.15, -0.1) is 30.3 Å². The van der Waals surface area contributed by atoms with Gasteiger partial charge < -0.3 is 40.0 Å². The number of carboxylic acid groups (broad SMARTS) is 1. The molecule has 86 heavy (non-hydrogen) atoms. The molecule has 0 spiro atoms. The topological polar surface area (TPSA) is 266 Å². The van der Waals surface area contributed by atoms with Gasteiger partial charge in [0.1, 0.15) is 24.0 Å². The molecule has 8 rings (SSSR count). The van der Waals surface area contributed by atoms with Crippen molar-refractivity contribution in [1.82, 2.24) is 40.4 Å². The molecule has 6 aromatic rings. The third-order valence-corrected chi connectivity index (χ3v) is 15.2. The van der Waals surface area contributed by atoms with Gasteiger partial charge in [0.15, 0.2) is 0 Å². The van der Waals surface area contributed by atoms with Gasteiger partial charge in [0.05, 0.1) is 45.7 Å². The average molecular weight is 1200 g/mol. The molecular weight excluding hydrogens is 1110 g/mol. The third-order valence-electron chi connectivity index (χ3n) is 15.2. The molecule has 2 aliphatic rings. The largest absolute Gasteiger partial charge is 0.481 e. The Kier molecular flexibility index (Phi) is 29.1. The van der Waals surface area contributed by atoms with E-state index in [0.29, 0.717) is 61.4 Å². The lowest BCUT2D eigenvalue weighted by molar-refractivity contribution is -0.143. The average Bonchev–Trinajstić information content (AvgIpc) is 1.70. The molecule has 4 atom stereocenters. The summed E-state index contributed by atoms with van der Waals surface area (Å²) in [6, 6.07) is 26.4. The van der Waals surface area contributed by atoms with E-state index in [2.05, 4.69) is 97.4 Å². The Morgan fingerprint density at radius 2 is 1.07 bits per heavy atom. The number of carbonyl (C=O) groups excluding carboxylic acids is 3. The second-order valence-electron chi connectivity index (χ2n) is 24.2. The summed E-state index contributed by atoms with van der Waals surface area (Å²) in [7, 11) is -0.816. The highest BCUT2D eigenvalue weighted by atomic mass is 35.5. The monoisotopic (exact) mass is 1200 g/mol. The molecular formula is C64H90B2ClN9O10. The highest BCUT2D eigenvalue weighted by molar-refractivity contribution is 6.48. The Hall–Kier alpha value is -6.92. The van der Waals surface area contributed by atoms with Crippen molar-refractivity contribution < 1.29 is 49.5 Å². The lowest BCUT2D eigenvalue weighted by Crippen LogP contribution is -2.50. The number of aromatic nitrogens is 7.